The van der Waals surface area contributed by atoms with E-state index in [0.29, 0.717) is 12.8 Å². The number of carbonyl (C=O) groups is 3. The molecule has 2 fully saturated rings. The monoisotopic (exact) mass is 299 g/mol. The Morgan fingerprint density at radius 2 is 1.86 bits per heavy atom. The van der Waals surface area contributed by atoms with Gasteiger partial charge in [-0.1, -0.05) is 0 Å². The van der Waals surface area contributed by atoms with Gasteiger partial charge in [0.2, 0.25) is 0 Å². The van der Waals surface area contributed by atoms with Crippen molar-refractivity contribution in [2.24, 2.45) is 11.8 Å². The summed E-state index contributed by atoms with van der Waals surface area (Å²) in [6, 6.07) is 0. The molecule has 0 radical (unpaired) electrons. The van der Waals surface area contributed by atoms with Crippen LogP contribution in [0.5, 0.6) is 0 Å². The molecule has 2 aliphatic carbocycles. The van der Waals surface area contributed by atoms with Crippen LogP contribution in [0.15, 0.2) is 0 Å². The molecule has 2 aliphatic rings. The number of aliphatic hydroxyl groups excluding tert-OH is 1. The van der Waals surface area contributed by atoms with Crippen LogP contribution in [0.2, 0.25) is 0 Å². The molecule has 0 heterocycles. The van der Waals surface area contributed by atoms with Crippen molar-refractivity contribution in [3.63, 3.8) is 0 Å². The average molecular weight is 299 g/mol. The molecule has 0 unspecified atom stereocenters. The highest BCUT2D eigenvalue weighted by atomic mass is 16.5. The number of aliphatic carboxylic acids is 1. The average Bonchev–Trinajstić information content (AvgIpc) is 3.12. The van der Waals surface area contributed by atoms with Crippen molar-refractivity contribution >= 4 is 17.7 Å². The number of esters is 1. The highest BCUT2D eigenvalue weighted by molar-refractivity contribution is 5.90. The van der Waals surface area contributed by atoms with Crippen LogP contribution in [0.4, 0.5) is 0 Å². The summed E-state index contributed by atoms with van der Waals surface area (Å²) in [6.45, 7) is 1.93. The number of carboxylic acids is 1. The molecule has 2 saturated carbocycles. The maximum absolute atomic E-state index is 12.2. The second-order valence-corrected chi connectivity index (χ2v) is 5.80. The van der Waals surface area contributed by atoms with Crippen LogP contribution in [0.3, 0.4) is 0 Å². The van der Waals surface area contributed by atoms with E-state index in [1.165, 1.54) is 0 Å². The smallest absolute Gasteiger partial charge is 0.326 e. The van der Waals surface area contributed by atoms with E-state index in [1.54, 1.807) is 6.92 Å². The van der Waals surface area contributed by atoms with Gasteiger partial charge in [-0.05, 0) is 32.6 Å². The summed E-state index contributed by atoms with van der Waals surface area (Å²) in [7, 11) is 0. The van der Waals surface area contributed by atoms with E-state index in [0.717, 1.165) is 0 Å². The van der Waals surface area contributed by atoms with Gasteiger partial charge in [-0.3, -0.25) is 19.7 Å². The topological polar surface area (TPSA) is 113 Å². The Hall–Kier alpha value is -1.47. The zero-order valence-corrected chi connectivity index (χ0v) is 12.0. The molecule has 0 bridgehead atoms. The Labute approximate surface area is 122 Å². The molecule has 3 N–H and O–H groups in total. The fourth-order valence-electron chi connectivity index (χ4n) is 2.87. The summed E-state index contributed by atoms with van der Waals surface area (Å²) in [5.41, 5.74) is -0.776. The van der Waals surface area contributed by atoms with Crippen LogP contribution < -0.4 is 5.32 Å². The van der Waals surface area contributed by atoms with Gasteiger partial charge in [-0.2, -0.15) is 0 Å². The highest BCUT2D eigenvalue weighted by Gasteiger charge is 2.52. The lowest BCUT2D eigenvalue weighted by atomic mass is 9.92. The van der Waals surface area contributed by atoms with Gasteiger partial charge in [0.05, 0.1) is 25.2 Å². The minimum absolute atomic E-state index is 0.0695. The van der Waals surface area contributed by atoms with Gasteiger partial charge in [-0.25, -0.2) is 0 Å². The Kier molecular flexibility index (Phi) is 4.63. The van der Waals surface area contributed by atoms with Crippen LogP contribution in [-0.4, -0.2) is 52.7 Å². The number of hydrogen-bond acceptors (Lipinski definition) is 6. The lowest BCUT2D eigenvalue weighted by molar-refractivity contribution is -0.148. The van der Waals surface area contributed by atoms with Crippen molar-refractivity contribution in [2.75, 3.05) is 13.2 Å². The Bertz CT molecular complexity index is 445. The molecule has 0 saturated heterocycles. The first-order valence-corrected chi connectivity index (χ1v) is 7.25. The fourth-order valence-corrected chi connectivity index (χ4v) is 2.87. The Morgan fingerprint density at radius 1 is 1.24 bits per heavy atom. The van der Waals surface area contributed by atoms with Crippen molar-refractivity contribution in [1.82, 2.24) is 5.32 Å². The molecule has 0 amide bonds. The standard InChI is InChI=1S/C14H21NO6/c1-2-21-13(20)14(3-4-14)15-7-11(17)9-5-8(16)6-10(9)12(18)19/h8-10,15-16H,2-7H2,1H3,(H,18,19)/t8-,9+,10+/m0/s1. The first-order chi connectivity index (χ1) is 9.89. The van der Waals surface area contributed by atoms with E-state index in [2.05, 4.69) is 5.32 Å². The summed E-state index contributed by atoms with van der Waals surface area (Å²) in [5.74, 6) is -3.22. The normalized spacial score (nSPS) is 29.9. The van der Waals surface area contributed by atoms with E-state index in [-0.39, 0.29) is 37.7 Å². The largest absolute Gasteiger partial charge is 0.481 e. The lowest BCUT2D eigenvalue weighted by Crippen LogP contribution is -2.45. The number of ether oxygens (including phenoxy) is 1. The number of ketones is 1. The number of Topliss-reactive ketones (excluding diaryl/α,β-unsaturated/α-hetero) is 1. The molecular weight excluding hydrogens is 278 g/mol. The number of aliphatic hydroxyl groups is 1. The molecule has 21 heavy (non-hydrogen) atoms. The van der Waals surface area contributed by atoms with Crippen LogP contribution in [0, 0.1) is 11.8 Å². The summed E-state index contributed by atoms with van der Waals surface area (Å²) < 4.78 is 4.96. The van der Waals surface area contributed by atoms with E-state index in [9.17, 15) is 19.5 Å². The second-order valence-electron chi connectivity index (χ2n) is 5.80. The van der Waals surface area contributed by atoms with Gasteiger partial charge < -0.3 is 14.9 Å². The van der Waals surface area contributed by atoms with Crippen molar-refractivity contribution in [3.05, 3.63) is 0 Å². The zero-order chi connectivity index (χ0) is 15.6. The zero-order valence-electron chi connectivity index (χ0n) is 12.0. The predicted molar refractivity (Wildman–Crippen MR) is 71.5 cm³/mol. The molecule has 7 heteroatoms. The van der Waals surface area contributed by atoms with Crippen molar-refractivity contribution < 1.29 is 29.3 Å². The number of nitrogens with one attached hydrogen (secondary N) is 1. The van der Waals surface area contributed by atoms with Crippen LogP contribution in [-0.2, 0) is 19.1 Å². The van der Waals surface area contributed by atoms with Crippen molar-refractivity contribution in [2.45, 2.75) is 44.2 Å². The SMILES string of the molecule is CCOC(=O)C1(NCC(=O)[C@@H]2C[C@H](O)C[C@H]2C(=O)O)CC1. The van der Waals surface area contributed by atoms with Gasteiger partial charge in [-0.15, -0.1) is 0 Å². The number of carbonyl (C=O) groups excluding carboxylic acids is 2. The quantitative estimate of drug-likeness (QED) is 0.554. The van der Waals surface area contributed by atoms with E-state index in [4.69, 9.17) is 9.84 Å². The highest BCUT2D eigenvalue weighted by Crippen LogP contribution is 2.37. The molecule has 0 aromatic carbocycles. The van der Waals surface area contributed by atoms with Crippen molar-refractivity contribution in [3.8, 4) is 0 Å². The van der Waals surface area contributed by atoms with Gasteiger partial charge in [0.15, 0.2) is 5.78 Å². The summed E-state index contributed by atoms with van der Waals surface area (Å²) >= 11 is 0. The fraction of sp³-hybridized carbons (Fsp3) is 0.786. The predicted octanol–water partition coefficient (Wildman–Crippen LogP) is -0.287. The third-order valence-electron chi connectivity index (χ3n) is 4.29. The van der Waals surface area contributed by atoms with Gasteiger partial charge in [0.25, 0.3) is 0 Å². The minimum atomic E-state index is -1.06. The first kappa shape index (κ1) is 15.9. The maximum atomic E-state index is 12.2. The molecule has 0 aromatic heterocycles. The molecule has 0 spiro atoms. The lowest BCUT2D eigenvalue weighted by Gasteiger charge is -2.18. The molecule has 7 nitrogen and oxygen atoms in total. The molecule has 0 aromatic rings. The van der Waals surface area contributed by atoms with E-state index in [1.807, 2.05) is 0 Å². The molecule has 0 aliphatic heterocycles. The summed E-state index contributed by atoms with van der Waals surface area (Å²) in [6.07, 6.45) is 0.766. The Balaban J connectivity index is 1.90. The second kappa shape index (κ2) is 6.11. The molecule has 2 rings (SSSR count). The van der Waals surface area contributed by atoms with E-state index >= 15 is 0 Å². The number of carboxylic acid groups (broad SMARTS) is 1. The third kappa shape index (κ3) is 3.41. The minimum Gasteiger partial charge on any atom is -0.481 e. The number of hydrogen-bond donors (Lipinski definition) is 3. The Morgan fingerprint density at radius 3 is 2.38 bits per heavy atom. The van der Waals surface area contributed by atoms with Gasteiger partial charge in [0.1, 0.15) is 5.54 Å². The molecule has 118 valence electrons. The van der Waals surface area contributed by atoms with Crippen LogP contribution in [0.25, 0.3) is 0 Å². The number of rotatable bonds is 7. The first-order valence-electron chi connectivity index (χ1n) is 7.25. The van der Waals surface area contributed by atoms with Crippen LogP contribution in [0.1, 0.15) is 32.6 Å². The maximum Gasteiger partial charge on any atom is 0.326 e. The molecular formula is C14H21NO6. The van der Waals surface area contributed by atoms with Crippen LogP contribution >= 0.6 is 0 Å². The summed E-state index contributed by atoms with van der Waals surface area (Å²) in [5, 5.41) is 21.6. The third-order valence-corrected chi connectivity index (χ3v) is 4.29. The molecule has 3 atom stereocenters. The summed E-state index contributed by atoms with van der Waals surface area (Å²) in [4.78, 5) is 35.0. The van der Waals surface area contributed by atoms with E-state index < -0.39 is 29.4 Å². The van der Waals surface area contributed by atoms with Gasteiger partial charge in [0, 0.05) is 5.92 Å². The van der Waals surface area contributed by atoms with Crippen molar-refractivity contribution in [1.29, 1.82) is 0 Å². The van der Waals surface area contributed by atoms with Gasteiger partial charge >= 0.3 is 11.9 Å².